The molecule has 1 N–H and O–H groups in total. The van der Waals surface area contributed by atoms with Crippen molar-refractivity contribution in [3.8, 4) is 0 Å². The Balaban J connectivity index is 1.56. The predicted molar refractivity (Wildman–Crippen MR) is 80.6 cm³/mol. The van der Waals surface area contributed by atoms with E-state index < -0.39 is 23.6 Å². The topological polar surface area (TPSA) is 50.7 Å². The summed E-state index contributed by atoms with van der Waals surface area (Å²) in [6.45, 7) is -0.0866. The number of hydrogen-bond donors (Lipinski definition) is 1. The van der Waals surface area contributed by atoms with Crippen molar-refractivity contribution in [1.29, 1.82) is 0 Å². The minimum Gasteiger partial charge on any atom is -0.382 e. The molecule has 1 aliphatic heterocycles. The maximum Gasteiger partial charge on any atom is 0.264 e. The molecular formula is C17H13F3N2O2. The summed E-state index contributed by atoms with van der Waals surface area (Å²) in [5.41, 5.74) is 1.36. The standard InChI is InChI=1S/C17H13F3N2O2/c18-12-4-1-10(2-5-12)15-8-16(24-22-15)17(23)21-9-11-3-6-13(19)7-14(11)20/h1-7,16H,8-9H2,(H,21,23). The van der Waals surface area contributed by atoms with E-state index in [1.165, 1.54) is 18.2 Å². The highest BCUT2D eigenvalue weighted by molar-refractivity contribution is 6.04. The number of nitrogens with zero attached hydrogens (tertiary/aromatic N) is 1. The lowest BCUT2D eigenvalue weighted by Gasteiger charge is -2.10. The fraction of sp³-hybridized carbons (Fsp3) is 0.176. The molecule has 0 spiro atoms. The predicted octanol–water partition coefficient (Wildman–Crippen LogP) is 2.91. The molecule has 1 unspecified atom stereocenters. The van der Waals surface area contributed by atoms with Crippen LogP contribution < -0.4 is 5.32 Å². The summed E-state index contributed by atoms with van der Waals surface area (Å²) in [5, 5.41) is 6.35. The summed E-state index contributed by atoms with van der Waals surface area (Å²) in [5.74, 6) is -2.24. The molecule has 0 radical (unpaired) electrons. The molecule has 0 saturated heterocycles. The van der Waals surface area contributed by atoms with Crippen LogP contribution in [0.2, 0.25) is 0 Å². The van der Waals surface area contributed by atoms with Crippen molar-refractivity contribution >= 4 is 11.6 Å². The van der Waals surface area contributed by atoms with Gasteiger partial charge in [-0.2, -0.15) is 0 Å². The third-order valence-electron chi connectivity index (χ3n) is 3.61. The van der Waals surface area contributed by atoms with Crippen LogP contribution in [-0.4, -0.2) is 17.7 Å². The molecule has 2 aromatic rings. The minimum absolute atomic E-state index is 0.0866. The highest BCUT2D eigenvalue weighted by atomic mass is 19.1. The summed E-state index contributed by atoms with van der Waals surface area (Å²) in [4.78, 5) is 17.1. The van der Waals surface area contributed by atoms with Crippen molar-refractivity contribution in [3.63, 3.8) is 0 Å². The third kappa shape index (κ3) is 3.56. The van der Waals surface area contributed by atoms with Gasteiger partial charge in [0.05, 0.1) is 5.71 Å². The Labute approximate surface area is 135 Å². The van der Waals surface area contributed by atoms with Gasteiger partial charge in [-0.3, -0.25) is 4.79 Å². The van der Waals surface area contributed by atoms with Gasteiger partial charge in [-0.15, -0.1) is 0 Å². The molecule has 3 rings (SSSR count). The Kier molecular flexibility index (Phi) is 4.50. The molecule has 1 atom stereocenters. The van der Waals surface area contributed by atoms with Gasteiger partial charge in [-0.05, 0) is 23.8 Å². The highest BCUT2D eigenvalue weighted by Crippen LogP contribution is 2.17. The summed E-state index contributed by atoms with van der Waals surface area (Å²) < 4.78 is 39.3. The lowest BCUT2D eigenvalue weighted by molar-refractivity contribution is -0.131. The second-order valence-electron chi connectivity index (χ2n) is 5.30. The second kappa shape index (κ2) is 6.74. The first-order valence-corrected chi connectivity index (χ1v) is 7.23. The molecule has 24 heavy (non-hydrogen) atoms. The average Bonchev–Trinajstić information content (AvgIpc) is 3.04. The lowest BCUT2D eigenvalue weighted by Crippen LogP contribution is -2.34. The van der Waals surface area contributed by atoms with E-state index >= 15 is 0 Å². The van der Waals surface area contributed by atoms with Crippen molar-refractivity contribution in [2.24, 2.45) is 5.16 Å². The molecular weight excluding hydrogens is 321 g/mol. The van der Waals surface area contributed by atoms with E-state index in [9.17, 15) is 18.0 Å². The van der Waals surface area contributed by atoms with Gasteiger partial charge in [0.15, 0.2) is 0 Å². The van der Waals surface area contributed by atoms with E-state index in [-0.39, 0.29) is 24.3 Å². The van der Waals surface area contributed by atoms with E-state index in [0.717, 1.165) is 12.1 Å². The fourth-order valence-electron chi connectivity index (χ4n) is 2.29. The Morgan fingerprint density at radius 1 is 1.12 bits per heavy atom. The Hall–Kier alpha value is -2.83. The van der Waals surface area contributed by atoms with Crippen molar-refractivity contribution in [1.82, 2.24) is 5.32 Å². The van der Waals surface area contributed by atoms with E-state index in [2.05, 4.69) is 10.5 Å². The molecule has 2 aromatic carbocycles. The number of halogens is 3. The van der Waals surface area contributed by atoms with Crippen LogP contribution in [0.5, 0.6) is 0 Å². The third-order valence-corrected chi connectivity index (χ3v) is 3.61. The molecule has 0 fully saturated rings. The molecule has 1 amide bonds. The average molecular weight is 334 g/mol. The molecule has 1 aliphatic rings. The van der Waals surface area contributed by atoms with Gasteiger partial charge >= 0.3 is 0 Å². The van der Waals surface area contributed by atoms with Gasteiger partial charge in [-0.1, -0.05) is 23.4 Å². The van der Waals surface area contributed by atoms with E-state index in [1.807, 2.05) is 0 Å². The first kappa shape index (κ1) is 16.0. The summed E-state index contributed by atoms with van der Waals surface area (Å²) in [6.07, 6.45) is -0.614. The number of nitrogens with one attached hydrogen (secondary N) is 1. The highest BCUT2D eigenvalue weighted by Gasteiger charge is 2.28. The zero-order valence-electron chi connectivity index (χ0n) is 12.4. The molecule has 0 bridgehead atoms. The van der Waals surface area contributed by atoms with Crippen LogP contribution in [0.15, 0.2) is 47.6 Å². The van der Waals surface area contributed by atoms with Gasteiger partial charge in [0.2, 0.25) is 6.10 Å². The summed E-state index contributed by atoms with van der Waals surface area (Å²) >= 11 is 0. The zero-order valence-corrected chi connectivity index (χ0v) is 12.4. The van der Waals surface area contributed by atoms with Crippen LogP contribution in [0.25, 0.3) is 0 Å². The molecule has 7 heteroatoms. The Bertz CT molecular complexity index is 791. The minimum atomic E-state index is -0.839. The molecule has 1 heterocycles. The number of carbonyl (C=O) groups is 1. The second-order valence-corrected chi connectivity index (χ2v) is 5.30. The maximum atomic E-state index is 13.5. The van der Waals surface area contributed by atoms with Gasteiger partial charge in [-0.25, -0.2) is 13.2 Å². The van der Waals surface area contributed by atoms with E-state index in [1.54, 1.807) is 12.1 Å². The zero-order chi connectivity index (χ0) is 17.1. The number of amides is 1. The van der Waals surface area contributed by atoms with Gasteiger partial charge in [0.25, 0.3) is 5.91 Å². The van der Waals surface area contributed by atoms with Crippen molar-refractivity contribution < 1.29 is 22.8 Å². The molecule has 124 valence electrons. The van der Waals surface area contributed by atoms with Gasteiger partial charge in [0, 0.05) is 24.6 Å². The Morgan fingerprint density at radius 3 is 2.54 bits per heavy atom. The molecule has 0 aromatic heterocycles. The van der Waals surface area contributed by atoms with Crippen LogP contribution in [0.1, 0.15) is 17.5 Å². The number of rotatable bonds is 4. The van der Waals surface area contributed by atoms with E-state index in [4.69, 9.17) is 4.84 Å². The number of carbonyl (C=O) groups excluding carboxylic acids is 1. The van der Waals surface area contributed by atoms with Crippen LogP contribution in [-0.2, 0) is 16.2 Å². The quantitative estimate of drug-likeness (QED) is 0.935. The largest absolute Gasteiger partial charge is 0.382 e. The van der Waals surface area contributed by atoms with E-state index in [0.29, 0.717) is 11.3 Å². The van der Waals surface area contributed by atoms with Crippen LogP contribution in [0, 0.1) is 17.5 Å². The molecule has 0 saturated carbocycles. The van der Waals surface area contributed by atoms with Crippen LogP contribution in [0.4, 0.5) is 13.2 Å². The van der Waals surface area contributed by atoms with Crippen molar-refractivity contribution in [2.45, 2.75) is 19.1 Å². The molecule has 0 aliphatic carbocycles. The maximum absolute atomic E-state index is 13.5. The molecule has 4 nitrogen and oxygen atoms in total. The van der Waals surface area contributed by atoms with Gasteiger partial charge < -0.3 is 10.2 Å². The smallest absolute Gasteiger partial charge is 0.264 e. The van der Waals surface area contributed by atoms with Gasteiger partial charge in [0.1, 0.15) is 17.5 Å². The van der Waals surface area contributed by atoms with Crippen molar-refractivity contribution in [3.05, 3.63) is 71.0 Å². The number of benzene rings is 2. The van der Waals surface area contributed by atoms with Crippen molar-refractivity contribution in [2.75, 3.05) is 0 Å². The van der Waals surface area contributed by atoms with Crippen LogP contribution >= 0.6 is 0 Å². The lowest BCUT2D eigenvalue weighted by atomic mass is 10.0. The number of oxime groups is 1. The normalized spacial score (nSPS) is 16.5. The fourth-order valence-corrected chi connectivity index (χ4v) is 2.29. The van der Waals surface area contributed by atoms with Crippen LogP contribution in [0.3, 0.4) is 0 Å². The Morgan fingerprint density at radius 2 is 1.83 bits per heavy atom. The summed E-state index contributed by atoms with van der Waals surface area (Å²) in [7, 11) is 0. The number of hydrogen-bond acceptors (Lipinski definition) is 3. The SMILES string of the molecule is O=C(NCc1ccc(F)cc1F)C1CC(c2ccc(F)cc2)=NO1. The first-order chi connectivity index (χ1) is 11.5. The summed E-state index contributed by atoms with van der Waals surface area (Å²) in [6, 6.07) is 8.82. The first-order valence-electron chi connectivity index (χ1n) is 7.23. The monoisotopic (exact) mass is 334 g/mol.